The lowest BCUT2D eigenvalue weighted by molar-refractivity contribution is -0.137. The number of hydrogen-bond donors (Lipinski definition) is 3. The quantitative estimate of drug-likeness (QED) is 0.701. The number of carbonyl (C=O) groups is 2. The molecule has 0 spiro atoms. The Morgan fingerprint density at radius 2 is 2.22 bits per heavy atom. The first-order valence-electron chi connectivity index (χ1n) is 4.98. The minimum Gasteiger partial charge on any atom is -0.480 e. The fraction of sp³-hybridized carbons (Fsp3) is 0.167. The molecular weight excluding hydrogens is 256 g/mol. The molecule has 1 amide bonds. The van der Waals surface area contributed by atoms with Crippen molar-refractivity contribution in [2.24, 2.45) is 5.73 Å². The highest BCUT2D eigenvalue weighted by atomic mass is 35.5. The van der Waals surface area contributed by atoms with Crippen molar-refractivity contribution in [2.45, 2.75) is 12.5 Å². The molecule has 5 nitrogen and oxygen atoms in total. The van der Waals surface area contributed by atoms with Crippen molar-refractivity contribution in [3.63, 3.8) is 0 Å². The SMILES string of the molecule is C#CCC(Nc1ccc(Cl)cc1C(N)=O)C(=O)O. The van der Waals surface area contributed by atoms with E-state index in [1.807, 2.05) is 0 Å². The monoisotopic (exact) mass is 266 g/mol. The molecule has 4 N–H and O–H groups in total. The highest BCUT2D eigenvalue weighted by Gasteiger charge is 2.18. The molecule has 0 radical (unpaired) electrons. The van der Waals surface area contributed by atoms with Gasteiger partial charge in [0.15, 0.2) is 0 Å². The van der Waals surface area contributed by atoms with Gasteiger partial charge in [0.1, 0.15) is 6.04 Å². The zero-order valence-corrected chi connectivity index (χ0v) is 10.1. The third-order valence-corrected chi connectivity index (χ3v) is 2.43. The van der Waals surface area contributed by atoms with Gasteiger partial charge in [-0.2, -0.15) is 0 Å². The van der Waals surface area contributed by atoms with Crippen LogP contribution in [0.15, 0.2) is 18.2 Å². The second kappa shape index (κ2) is 5.94. The average Bonchev–Trinajstić information content (AvgIpc) is 2.30. The topological polar surface area (TPSA) is 92.4 Å². The zero-order chi connectivity index (χ0) is 13.7. The Bertz CT molecular complexity index is 523. The molecule has 0 fully saturated rings. The van der Waals surface area contributed by atoms with Crippen LogP contribution < -0.4 is 11.1 Å². The molecule has 0 aliphatic heterocycles. The number of amides is 1. The molecule has 0 aromatic heterocycles. The highest BCUT2D eigenvalue weighted by molar-refractivity contribution is 6.31. The van der Waals surface area contributed by atoms with Crippen LogP contribution in [0.3, 0.4) is 0 Å². The Morgan fingerprint density at radius 3 is 2.72 bits per heavy atom. The number of aliphatic carboxylic acids is 1. The van der Waals surface area contributed by atoms with Gasteiger partial charge in [0.25, 0.3) is 5.91 Å². The van der Waals surface area contributed by atoms with Crippen LogP contribution in [-0.4, -0.2) is 23.0 Å². The maximum Gasteiger partial charge on any atom is 0.327 e. The fourth-order valence-electron chi connectivity index (χ4n) is 1.35. The first-order valence-corrected chi connectivity index (χ1v) is 5.35. The number of terminal acetylenes is 1. The summed E-state index contributed by atoms with van der Waals surface area (Å²) in [6, 6.07) is 3.37. The minimum atomic E-state index is -1.11. The van der Waals surface area contributed by atoms with Crippen LogP contribution in [0.5, 0.6) is 0 Å². The molecule has 6 heteroatoms. The summed E-state index contributed by atoms with van der Waals surface area (Å²) >= 11 is 5.74. The van der Waals surface area contributed by atoms with E-state index >= 15 is 0 Å². The summed E-state index contributed by atoms with van der Waals surface area (Å²) in [7, 11) is 0. The molecule has 0 heterocycles. The number of carboxylic acid groups (broad SMARTS) is 1. The largest absolute Gasteiger partial charge is 0.480 e. The summed E-state index contributed by atoms with van der Waals surface area (Å²) in [5, 5.41) is 11.9. The lowest BCUT2D eigenvalue weighted by atomic mass is 10.1. The van der Waals surface area contributed by atoms with Gasteiger partial charge >= 0.3 is 5.97 Å². The van der Waals surface area contributed by atoms with Gasteiger partial charge in [-0.05, 0) is 18.2 Å². The third kappa shape index (κ3) is 3.40. The molecule has 0 bridgehead atoms. The van der Waals surface area contributed by atoms with Crippen LogP contribution in [0.4, 0.5) is 5.69 Å². The Balaban J connectivity index is 3.06. The fourth-order valence-corrected chi connectivity index (χ4v) is 1.52. The van der Waals surface area contributed by atoms with E-state index in [4.69, 9.17) is 28.9 Å². The van der Waals surface area contributed by atoms with Crippen molar-refractivity contribution in [1.29, 1.82) is 0 Å². The average molecular weight is 267 g/mol. The number of carbonyl (C=O) groups excluding carboxylic acids is 1. The molecule has 1 rings (SSSR count). The predicted octanol–water partition coefficient (Wildman–Crippen LogP) is 1.33. The van der Waals surface area contributed by atoms with E-state index < -0.39 is 17.9 Å². The third-order valence-electron chi connectivity index (χ3n) is 2.20. The summed E-state index contributed by atoms with van der Waals surface area (Å²) < 4.78 is 0. The lowest BCUT2D eigenvalue weighted by Gasteiger charge is -2.15. The van der Waals surface area contributed by atoms with Gasteiger partial charge in [0.2, 0.25) is 0 Å². The van der Waals surface area contributed by atoms with Gasteiger partial charge < -0.3 is 16.2 Å². The molecular formula is C12H11ClN2O3. The minimum absolute atomic E-state index is 0.0177. The number of carboxylic acids is 1. The number of nitrogens with one attached hydrogen (secondary N) is 1. The maximum atomic E-state index is 11.2. The Labute approximate surface area is 109 Å². The molecule has 94 valence electrons. The number of rotatable bonds is 5. The number of benzene rings is 1. The van der Waals surface area contributed by atoms with E-state index in [0.717, 1.165) is 0 Å². The Morgan fingerprint density at radius 1 is 1.56 bits per heavy atom. The van der Waals surface area contributed by atoms with E-state index in [0.29, 0.717) is 5.02 Å². The van der Waals surface area contributed by atoms with Crippen LogP contribution in [0.25, 0.3) is 0 Å². The van der Waals surface area contributed by atoms with E-state index in [9.17, 15) is 9.59 Å². The molecule has 1 unspecified atom stereocenters. The first-order chi connectivity index (χ1) is 8.45. The number of anilines is 1. The normalized spacial score (nSPS) is 11.3. The molecule has 0 aliphatic rings. The molecule has 0 saturated carbocycles. The second-order valence-corrected chi connectivity index (χ2v) is 3.93. The lowest BCUT2D eigenvalue weighted by Crippen LogP contribution is -2.30. The van der Waals surface area contributed by atoms with Gasteiger partial charge in [-0.15, -0.1) is 12.3 Å². The summed E-state index contributed by atoms with van der Waals surface area (Å²) in [5.74, 6) is 0.427. The van der Waals surface area contributed by atoms with Gasteiger partial charge in [-0.25, -0.2) is 4.79 Å². The van der Waals surface area contributed by atoms with Crippen LogP contribution in [0, 0.1) is 12.3 Å². The van der Waals surface area contributed by atoms with Crippen molar-refractivity contribution in [2.75, 3.05) is 5.32 Å². The molecule has 1 aromatic carbocycles. The highest BCUT2D eigenvalue weighted by Crippen LogP contribution is 2.21. The molecule has 1 aromatic rings. The molecule has 0 saturated heterocycles. The number of primary amides is 1. The van der Waals surface area contributed by atoms with E-state index in [1.54, 1.807) is 0 Å². The first kappa shape index (κ1) is 13.9. The summed E-state index contributed by atoms with van der Waals surface area (Å²) in [6.07, 6.45) is 5.06. The van der Waals surface area contributed by atoms with Gasteiger partial charge in [0, 0.05) is 17.1 Å². The molecule has 18 heavy (non-hydrogen) atoms. The van der Waals surface area contributed by atoms with E-state index in [1.165, 1.54) is 18.2 Å². The van der Waals surface area contributed by atoms with Crippen LogP contribution in [0.1, 0.15) is 16.8 Å². The summed E-state index contributed by atoms with van der Waals surface area (Å²) in [5.41, 5.74) is 5.59. The van der Waals surface area contributed by atoms with Crippen LogP contribution in [-0.2, 0) is 4.79 Å². The van der Waals surface area contributed by atoms with Crippen molar-refractivity contribution in [1.82, 2.24) is 0 Å². The predicted molar refractivity (Wildman–Crippen MR) is 68.5 cm³/mol. The second-order valence-electron chi connectivity index (χ2n) is 3.50. The number of nitrogens with two attached hydrogens (primary N) is 1. The van der Waals surface area contributed by atoms with Crippen molar-refractivity contribution in [3.8, 4) is 12.3 Å². The Kier molecular flexibility index (Phi) is 4.58. The smallest absolute Gasteiger partial charge is 0.327 e. The van der Waals surface area contributed by atoms with Crippen molar-refractivity contribution < 1.29 is 14.7 Å². The summed E-state index contributed by atoms with van der Waals surface area (Å²) in [4.78, 5) is 22.2. The maximum absolute atomic E-state index is 11.2. The summed E-state index contributed by atoms with van der Waals surface area (Å²) in [6.45, 7) is 0. The van der Waals surface area contributed by atoms with Gasteiger partial charge in [0.05, 0.1) is 5.56 Å². The van der Waals surface area contributed by atoms with Crippen molar-refractivity contribution >= 4 is 29.2 Å². The zero-order valence-electron chi connectivity index (χ0n) is 9.31. The van der Waals surface area contributed by atoms with E-state index in [2.05, 4.69) is 11.2 Å². The van der Waals surface area contributed by atoms with Crippen LogP contribution >= 0.6 is 11.6 Å². The van der Waals surface area contributed by atoms with Crippen LogP contribution in [0.2, 0.25) is 5.02 Å². The Hall–Kier alpha value is -2.19. The number of halogens is 1. The van der Waals surface area contributed by atoms with Crippen molar-refractivity contribution in [3.05, 3.63) is 28.8 Å². The molecule has 1 atom stereocenters. The number of hydrogen-bond acceptors (Lipinski definition) is 3. The van der Waals surface area contributed by atoms with Gasteiger partial charge in [-0.3, -0.25) is 4.79 Å². The molecule has 0 aliphatic carbocycles. The van der Waals surface area contributed by atoms with E-state index in [-0.39, 0.29) is 17.7 Å². The van der Waals surface area contributed by atoms with Gasteiger partial charge in [-0.1, -0.05) is 11.6 Å². The standard InChI is InChI=1S/C12H11ClN2O3/c1-2-3-10(12(17)18)15-9-5-4-7(13)6-8(9)11(14)16/h1,4-6,10,15H,3H2,(H2,14,16)(H,17,18).